The summed E-state index contributed by atoms with van der Waals surface area (Å²) in [6, 6.07) is 22.6. The molecule has 0 saturated carbocycles. The molecule has 0 spiro atoms. The molecular weight excluding hydrogens is 592 g/mol. The molecule has 5 N–H and O–H groups in total. The Morgan fingerprint density at radius 3 is 2.04 bits per heavy atom. The van der Waals surface area contributed by atoms with Gasteiger partial charge >= 0.3 is 12.1 Å². The normalized spacial score (nSPS) is 11.9. The van der Waals surface area contributed by atoms with Gasteiger partial charge < -0.3 is 26.4 Å². The number of nitrogens with zero attached hydrogens (tertiary/aromatic N) is 2. The molecule has 7 amide bonds. The summed E-state index contributed by atoms with van der Waals surface area (Å²) in [5.41, 5.74) is 8.91. The average molecular weight is 629 g/mol. The number of alkyl carbamates (subject to hydrolysis) is 1. The van der Waals surface area contributed by atoms with E-state index in [-0.39, 0.29) is 13.2 Å². The number of urea groups is 1. The third-order valence-electron chi connectivity index (χ3n) is 6.58. The highest BCUT2D eigenvalue weighted by molar-refractivity contribution is 6.04. The maximum absolute atomic E-state index is 13.0. The third kappa shape index (κ3) is 10.3. The molecule has 0 heterocycles. The minimum atomic E-state index is -1.29. The molecule has 0 bridgehead atoms. The lowest BCUT2D eigenvalue weighted by atomic mass is 10.0. The van der Waals surface area contributed by atoms with E-state index in [1.165, 1.54) is 13.8 Å². The van der Waals surface area contributed by atoms with Gasteiger partial charge in [-0.15, -0.1) is 0 Å². The Balaban J connectivity index is 1.50. The summed E-state index contributed by atoms with van der Waals surface area (Å²) < 4.78 is 5.09. The van der Waals surface area contributed by atoms with Crippen molar-refractivity contribution in [3.8, 4) is 11.1 Å². The summed E-state index contributed by atoms with van der Waals surface area (Å²) in [6.07, 6.45) is 0.859. The van der Waals surface area contributed by atoms with Gasteiger partial charge in [0, 0.05) is 25.7 Å². The van der Waals surface area contributed by atoms with Crippen LogP contribution in [0.4, 0.5) is 9.59 Å². The number of nitrogens with two attached hydrogens (primary N) is 1. The van der Waals surface area contributed by atoms with E-state index in [1.54, 1.807) is 24.3 Å². The number of hydrazine groups is 1. The van der Waals surface area contributed by atoms with Crippen LogP contribution in [-0.4, -0.2) is 64.9 Å². The van der Waals surface area contributed by atoms with E-state index in [2.05, 4.69) is 16.0 Å². The third-order valence-corrected chi connectivity index (χ3v) is 6.58. The molecule has 0 unspecified atom stereocenters. The maximum atomic E-state index is 13.0. The largest absolute Gasteiger partial charge is 0.445 e. The van der Waals surface area contributed by atoms with E-state index in [9.17, 15) is 28.8 Å². The molecule has 3 aromatic carbocycles. The number of primary amides is 1. The number of hydrogen-bond acceptors (Lipinski definition) is 7. The molecular formula is C33H36N6O7. The Hall–Kier alpha value is -5.98. The summed E-state index contributed by atoms with van der Waals surface area (Å²) in [5.74, 6) is -3.30. The fourth-order valence-electron chi connectivity index (χ4n) is 4.15. The van der Waals surface area contributed by atoms with Crippen molar-refractivity contribution in [1.82, 2.24) is 26.0 Å². The molecule has 2 atom stereocenters. The van der Waals surface area contributed by atoms with Crippen LogP contribution in [0.5, 0.6) is 0 Å². The van der Waals surface area contributed by atoms with E-state index in [0.717, 1.165) is 41.5 Å². The monoisotopic (exact) mass is 628 g/mol. The number of likely N-dealkylation sites (N-methyl/N-ethyl adjacent to an activating group) is 1. The minimum Gasteiger partial charge on any atom is -0.445 e. The summed E-state index contributed by atoms with van der Waals surface area (Å²) in [5, 5.41) is 8.35. The second-order valence-electron chi connectivity index (χ2n) is 10.1. The Kier molecular flexibility index (Phi) is 12.6. The van der Waals surface area contributed by atoms with Gasteiger partial charge in [-0.25, -0.2) is 14.6 Å². The zero-order valence-corrected chi connectivity index (χ0v) is 25.6. The number of imide groups is 1. The van der Waals surface area contributed by atoms with Gasteiger partial charge in [-0.05, 0) is 42.2 Å². The van der Waals surface area contributed by atoms with E-state index in [1.807, 2.05) is 60.7 Å². The predicted molar refractivity (Wildman–Crippen MR) is 169 cm³/mol. The van der Waals surface area contributed by atoms with Gasteiger partial charge in [0.1, 0.15) is 18.7 Å². The lowest BCUT2D eigenvalue weighted by Crippen LogP contribution is -2.58. The lowest BCUT2D eigenvalue weighted by Gasteiger charge is -2.30. The first-order chi connectivity index (χ1) is 22.0. The predicted octanol–water partition coefficient (Wildman–Crippen LogP) is 2.63. The van der Waals surface area contributed by atoms with Gasteiger partial charge in [0.15, 0.2) is 0 Å². The quantitative estimate of drug-likeness (QED) is 0.186. The van der Waals surface area contributed by atoms with Crippen LogP contribution in [0, 0.1) is 0 Å². The first-order valence-corrected chi connectivity index (χ1v) is 14.2. The van der Waals surface area contributed by atoms with Crippen LogP contribution in [0.2, 0.25) is 0 Å². The van der Waals surface area contributed by atoms with Gasteiger partial charge in [0.25, 0.3) is 11.8 Å². The topological polar surface area (TPSA) is 180 Å². The lowest BCUT2D eigenvalue weighted by molar-refractivity contribution is -0.153. The molecule has 0 aliphatic carbocycles. The van der Waals surface area contributed by atoms with Gasteiger partial charge in [0.2, 0.25) is 11.8 Å². The molecule has 240 valence electrons. The molecule has 46 heavy (non-hydrogen) atoms. The van der Waals surface area contributed by atoms with Crippen molar-refractivity contribution in [2.75, 3.05) is 7.05 Å². The fourth-order valence-corrected chi connectivity index (χ4v) is 4.15. The van der Waals surface area contributed by atoms with Crippen LogP contribution in [0.15, 0.2) is 97.1 Å². The van der Waals surface area contributed by atoms with Gasteiger partial charge in [-0.2, -0.15) is 5.01 Å². The fraction of sp³-hybridized carbons (Fsp3) is 0.212. The number of ether oxygens (including phenoxy) is 1. The Morgan fingerprint density at radius 2 is 1.39 bits per heavy atom. The Morgan fingerprint density at radius 1 is 0.783 bits per heavy atom. The van der Waals surface area contributed by atoms with Crippen LogP contribution in [-0.2, 0) is 37.1 Å². The van der Waals surface area contributed by atoms with Gasteiger partial charge in [-0.1, -0.05) is 78.9 Å². The zero-order valence-electron chi connectivity index (χ0n) is 25.6. The van der Waals surface area contributed by atoms with Crippen LogP contribution in [0.3, 0.4) is 0 Å². The molecule has 0 fully saturated rings. The van der Waals surface area contributed by atoms with E-state index in [4.69, 9.17) is 10.5 Å². The van der Waals surface area contributed by atoms with Crippen molar-refractivity contribution in [1.29, 1.82) is 0 Å². The smallest absolute Gasteiger partial charge is 0.408 e. The van der Waals surface area contributed by atoms with Crippen molar-refractivity contribution < 1.29 is 33.5 Å². The number of carbonyl (C=O) groups excluding carboxylic acids is 6. The highest BCUT2D eigenvalue weighted by atomic mass is 16.5. The van der Waals surface area contributed by atoms with E-state index >= 15 is 0 Å². The molecule has 0 saturated heterocycles. The van der Waals surface area contributed by atoms with Crippen molar-refractivity contribution in [3.63, 3.8) is 0 Å². The molecule has 0 aliphatic heterocycles. The van der Waals surface area contributed by atoms with Crippen molar-refractivity contribution >= 4 is 35.8 Å². The minimum absolute atomic E-state index is 0.00357. The highest BCUT2D eigenvalue weighted by Crippen LogP contribution is 2.20. The Bertz CT molecular complexity index is 1580. The first kappa shape index (κ1) is 34.5. The molecule has 13 heteroatoms. The van der Waals surface area contributed by atoms with Crippen molar-refractivity contribution in [2.45, 2.75) is 39.1 Å². The molecule has 0 aliphatic rings. The SMILES string of the molecule is C[C@H](NC(=O)OCc1ccccc1)C(=O)N[C@@H](C)C(=O)N(C)N(C(N)=O)C(=O)/C=C/C(=O)NCc1cccc(-c2ccccc2)c1. The van der Waals surface area contributed by atoms with Crippen LogP contribution >= 0.6 is 0 Å². The molecule has 13 nitrogen and oxygen atoms in total. The van der Waals surface area contributed by atoms with Gasteiger partial charge in [-0.3, -0.25) is 19.2 Å². The standard InChI is InChI=1S/C33H36N6O7/c1-22(37-33(45)46-21-24-11-6-4-7-12-24)30(42)36-23(2)31(43)38(3)39(32(34)44)29(41)18-17-28(40)35-20-25-13-10-16-27(19-25)26-14-8-5-9-15-26/h4-19,22-23H,20-21H2,1-3H3,(H2,34,44)(H,35,40)(H,36,42)(H,37,45)/b18-17+/t22-,23-/m0/s1. The van der Waals surface area contributed by atoms with Crippen molar-refractivity contribution in [3.05, 3.63) is 108 Å². The number of benzene rings is 3. The summed E-state index contributed by atoms with van der Waals surface area (Å²) in [4.78, 5) is 74.9. The second-order valence-corrected chi connectivity index (χ2v) is 10.1. The summed E-state index contributed by atoms with van der Waals surface area (Å²) >= 11 is 0. The molecule has 3 rings (SSSR count). The first-order valence-electron chi connectivity index (χ1n) is 14.2. The number of amides is 7. The number of hydrogen-bond donors (Lipinski definition) is 4. The summed E-state index contributed by atoms with van der Waals surface area (Å²) in [6.45, 7) is 2.87. The second kappa shape index (κ2) is 16.8. The van der Waals surface area contributed by atoms with Crippen molar-refractivity contribution in [2.24, 2.45) is 5.73 Å². The van der Waals surface area contributed by atoms with Crippen LogP contribution in [0.25, 0.3) is 11.1 Å². The maximum Gasteiger partial charge on any atom is 0.408 e. The average Bonchev–Trinajstić information content (AvgIpc) is 3.05. The number of rotatable bonds is 11. The van der Waals surface area contributed by atoms with E-state index in [0.29, 0.717) is 10.0 Å². The number of nitrogens with one attached hydrogen (secondary N) is 3. The molecule has 3 aromatic rings. The van der Waals surface area contributed by atoms with Crippen LogP contribution < -0.4 is 21.7 Å². The summed E-state index contributed by atoms with van der Waals surface area (Å²) in [7, 11) is 1.10. The molecule has 0 aromatic heterocycles. The molecule has 0 radical (unpaired) electrons. The Labute approximate surface area is 266 Å². The zero-order chi connectivity index (χ0) is 33.6. The van der Waals surface area contributed by atoms with Crippen LogP contribution in [0.1, 0.15) is 25.0 Å². The number of carbonyl (C=O) groups is 6. The highest BCUT2D eigenvalue weighted by Gasteiger charge is 2.30. The van der Waals surface area contributed by atoms with Gasteiger partial charge in [0.05, 0.1) is 0 Å². The van der Waals surface area contributed by atoms with E-state index < -0.39 is 47.8 Å².